The van der Waals surface area contributed by atoms with E-state index in [0.717, 1.165) is 56.8 Å². The number of hydrogen-bond acceptors (Lipinski definition) is 7. The summed E-state index contributed by atoms with van der Waals surface area (Å²) in [4.78, 5) is 27.5. The highest BCUT2D eigenvalue weighted by Gasteiger charge is 2.35. The number of carbonyl (C=O) groups excluding carboxylic acids is 1. The van der Waals surface area contributed by atoms with Crippen molar-refractivity contribution >= 4 is 29.3 Å². The molecular weight excluding hydrogens is 442 g/mol. The first-order valence-corrected chi connectivity index (χ1v) is 13.0. The fourth-order valence-corrected chi connectivity index (χ4v) is 5.39. The van der Waals surface area contributed by atoms with E-state index in [2.05, 4.69) is 50.5 Å². The summed E-state index contributed by atoms with van der Waals surface area (Å²) >= 11 is 0. The molecule has 0 spiro atoms. The van der Waals surface area contributed by atoms with Crippen LogP contribution in [0.4, 0.5) is 17.7 Å². The summed E-state index contributed by atoms with van der Waals surface area (Å²) in [5, 5.41) is 14.3. The molecule has 3 aliphatic rings. The Labute approximate surface area is 205 Å². The average Bonchev–Trinajstić information content (AvgIpc) is 3.24. The van der Waals surface area contributed by atoms with E-state index in [1.165, 1.54) is 18.5 Å². The molecular formula is C25H35N9O. The predicted molar refractivity (Wildman–Crippen MR) is 135 cm³/mol. The lowest BCUT2D eigenvalue weighted by Crippen LogP contribution is -2.51. The molecule has 2 aliphatic heterocycles. The molecule has 1 saturated carbocycles. The van der Waals surface area contributed by atoms with E-state index in [1.54, 1.807) is 0 Å². The first kappa shape index (κ1) is 22.3. The van der Waals surface area contributed by atoms with Gasteiger partial charge in [-0.3, -0.25) is 14.3 Å². The van der Waals surface area contributed by atoms with Crippen molar-refractivity contribution in [2.45, 2.75) is 76.4 Å². The van der Waals surface area contributed by atoms with Gasteiger partial charge in [0.25, 0.3) is 0 Å². The van der Waals surface area contributed by atoms with Gasteiger partial charge in [-0.15, -0.1) is 0 Å². The van der Waals surface area contributed by atoms with Crippen LogP contribution in [0.2, 0.25) is 0 Å². The molecule has 0 bridgehead atoms. The Morgan fingerprint density at radius 1 is 1.11 bits per heavy atom. The molecule has 3 aromatic heterocycles. The monoisotopic (exact) mass is 477 g/mol. The van der Waals surface area contributed by atoms with Crippen LogP contribution in [-0.2, 0) is 4.79 Å². The standard InChI is InChI=1S/C25H35N9O/c1-16(2)32-13-9-18(10-14-32)26-23(35)20-5-3-11-33(20)25-28-22-6-4-12-34(22)24(29-25)27-21-15-19(30-31-21)17-7-8-17/h4,6,12,15-18,20H,3,5,7-11,13-14H2,1-2H3,(H,26,35)(H2,27,28,29,30,31)/t20-/m0/s1. The van der Waals surface area contributed by atoms with Crippen LogP contribution in [0.3, 0.4) is 0 Å². The third-order valence-corrected chi connectivity index (χ3v) is 7.65. The van der Waals surface area contributed by atoms with Gasteiger partial charge in [0.2, 0.25) is 17.8 Å². The predicted octanol–water partition coefficient (Wildman–Crippen LogP) is 3.03. The minimum atomic E-state index is -0.241. The largest absolute Gasteiger partial charge is 0.351 e. The quantitative estimate of drug-likeness (QED) is 0.480. The lowest BCUT2D eigenvalue weighted by atomic mass is 10.0. The Bertz CT molecular complexity index is 1190. The zero-order valence-corrected chi connectivity index (χ0v) is 20.6. The maximum absolute atomic E-state index is 13.3. The van der Waals surface area contributed by atoms with Crippen LogP contribution < -0.4 is 15.5 Å². The van der Waals surface area contributed by atoms with Gasteiger partial charge < -0.3 is 20.4 Å². The second-order valence-electron chi connectivity index (χ2n) is 10.5. The number of aromatic nitrogens is 5. The maximum atomic E-state index is 13.3. The lowest BCUT2D eigenvalue weighted by molar-refractivity contribution is -0.123. The Morgan fingerprint density at radius 3 is 2.71 bits per heavy atom. The van der Waals surface area contributed by atoms with Crippen molar-refractivity contribution in [1.29, 1.82) is 0 Å². The molecule has 0 unspecified atom stereocenters. The summed E-state index contributed by atoms with van der Waals surface area (Å²) in [6, 6.07) is 6.54. The Hall–Kier alpha value is -3.14. The molecule has 6 rings (SSSR count). The molecule has 10 heteroatoms. The maximum Gasteiger partial charge on any atom is 0.243 e. The SMILES string of the molecule is CC(C)N1CCC(NC(=O)[C@@H]2CCCN2c2nc(Nc3cc(C4CC4)[nH]n3)n3cccc3n2)CC1. The molecule has 1 atom stereocenters. The number of nitrogens with one attached hydrogen (secondary N) is 3. The molecule has 5 heterocycles. The highest BCUT2D eigenvalue weighted by atomic mass is 16.2. The minimum Gasteiger partial charge on any atom is -0.351 e. The molecule has 3 N–H and O–H groups in total. The summed E-state index contributed by atoms with van der Waals surface area (Å²) in [6.07, 6.45) is 8.15. The molecule has 1 amide bonds. The van der Waals surface area contributed by atoms with Gasteiger partial charge in [-0.2, -0.15) is 15.1 Å². The van der Waals surface area contributed by atoms with Crippen LogP contribution >= 0.6 is 0 Å². The van der Waals surface area contributed by atoms with Crippen molar-refractivity contribution in [2.24, 2.45) is 0 Å². The molecule has 10 nitrogen and oxygen atoms in total. The highest BCUT2D eigenvalue weighted by Crippen LogP contribution is 2.39. The van der Waals surface area contributed by atoms with Crippen LogP contribution in [0, 0.1) is 0 Å². The number of piperidine rings is 1. The number of H-pyrrole nitrogens is 1. The van der Waals surface area contributed by atoms with Crippen LogP contribution in [-0.4, -0.2) is 73.1 Å². The number of hydrogen-bond donors (Lipinski definition) is 3. The van der Waals surface area contributed by atoms with E-state index >= 15 is 0 Å². The van der Waals surface area contributed by atoms with E-state index < -0.39 is 0 Å². The van der Waals surface area contributed by atoms with Crippen LogP contribution in [0.15, 0.2) is 24.4 Å². The molecule has 3 aromatic rings. The molecule has 0 radical (unpaired) electrons. The molecule has 1 aliphatic carbocycles. The van der Waals surface area contributed by atoms with Gasteiger partial charge in [-0.1, -0.05) is 0 Å². The normalized spacial score (nSPS) is 21.8. The fourth-order valence-electron chi connectivity index (χ4n) is 5.39. The second-order valence-corrected chi connectivity index (χ2v) is 10.5. The van der Waals surface area contributed by atoms with Crippen molar-refractivity contribution in [3.05, 3.63) is 30.1 Å². The minimum absolute atomic E-state index is 0.0974. The van der Waals surface area contributed by atoms with Crippen molar-refractivity contribution in [1.82, 2.24) is 34.8 Å². The van der Waals surface area contributed by atoms with E-state index in [0.29, 0.717) is 23.9 Å². The first-order valence-electron chi connectivity index (χ1n) is 13.0. The second kappa shape index (κ2) is 9.14. The number of nitrogens with zero attached hydrogens (tertiary/aromatic N) is 6. The number of carbonyl (C=O) groups is 1. The van der Waals surface area contributed by atoms with Gasteiger partial charge >= 0.3 is 0 Å². The molecule has 2 saturated heterocycles. The summed E-state index contributed by atoms with van der Waals surface area (Å²) in [5.41, 5.74) is 1.96. The lowest BCUT2D eigenvalue weighted by Gasteiger charge is -2.35. The number of fused-ring (bicyclic) bond motifs is 1. The smallest absolute Gasteiger partial charge is 0.243 e. The fraction of sp³-hybridized carbons (Fsp3) is 0.600. The topological polar surface area (TPSA) is 106 Å². The Morgan fingerprint density at radius 2 is 1.94 bits per heavy atom. The van der Waals surface area contributed by atoms with Gasteiger partial charge in [0.15, 0.2) is 5.82 Å². The third kappa shape index (κ3) is 4.59. The number of rotatable bonds is 7. The van der Waals surface area contributed by atoms with E-state index in [4.69, 9.17) is 9.97 Å². The molecule has 35 heavy (non-hydrogen) atoms. The number of likely N-dealkylation sites (tertiary alicyclic amines) is 1. The highest BCUT2D eigenvalue weighted by molar-refractivity contribution is 5.85. The Kier molecular flexibility index (Phi) is 5.83. The number of aromatic amines is 1. The van der Waals surface area contributed by atoms with Crippen molar-refractivity contribution in [3.8, 4) is 0 Å². The van der Waals surface area contributed by atoms with Crippen molar-refractivity contribution in [2.75, 3.05) is 29.9 Å². The summed E-state index contributed by atoms with van der Waals surface area (Å²) in [6.45, 7) is 7.32. The van der Waals surface area contributed by atoms with Gasteiger partial charge in [-0.05, 0) is 64.5 Å². The zero-order valence-electron chi connectivity index (χ0n) is 20.6. The van der Waals surface area contributed by atoms with Gasteiger partial charge in [0, 0.05) is 55.6 Å². The van der Waals surface area contributed by atoms with Gasteiger partial charge in [-0.25, -0.2) is 0 Å². The average molecular weight is 478 g/mol. The van der Waals surface area contributed by atoms with Gasteiger partial charge in [0.1, 0.15) is 11.7 Å². The summed E-state index contributed by atoms with van der Waals surface area (Å²) in [5.74, 6) is 2.68. The zero-order chi connectivity index (χ0) is 23.9. The van der Waals surface area contributed by atoms with E-state index in [-0.39, 0.29) is 18.0 Å². The Balaban J connectivity index is 1.19. The first-order chi connectivity index (χ1) is 17.0. The van der Waals surface area contributed by atoms with E-state index in [9.17, 15) is 4.79 Å². The van der Waals surface area contributed by atoms with Crippen molar-refractivity contribution in [3.63, 3.8) is 0 Å². The van der Waals surface area contributed by atoms with E-state index in [1.807, 2.05) is 22.7 Å². The molecule has 3 fully saturated rings. The van der Waals surface area contributed by atoms with Crippen LogP contribution in [0.1, 0.15) is 64.0 Å². The van der Waals surface area contributed by atoms with Gasteiger partial charge in [0.05, 0.1) is 0 Å². The number of amides is 1. The van der Waals surface area contributed by atoms with Crippen LogP contribution in [0.5, 0.6) is 0 Å². The third-order valence-electron chi connectivity index (χ3n) is 7.65. The number of anilines is 3. The summed E-state index contributed by atoms with van der Waals surface area (Å²) in [7, 11) is 0. The summed E-state index contributed by atoms with van der Waals surface area (Å²) < 4.78 is 1.92. The van der Waals surface area contributed by atoms with Crippen LogP contribution in [0.25, 0.3) is 5.65 Å². The van der Waals surface area contributed by atoms with Crippen molar-refractivity contribution < 1.29 is 4.79 Å². The molecule has 186 valence electrons. The molecule has 0 aromatic carbocycles.